The minimum Gasteiger partial charge on any atom is -0.465 e. The van der Waals surface area contributed by atoms with Crippen LogP contribution in [0.25, 0.3) is 0 Å². The van der Waals surface area contributed by atoms with E-state index in [1.807, 2.05) is 13.0 Å². The molecule has 0 saturated carbocycles. The maximum Gasteiger partial charge on any atom is 0.118 e. The number of nitrogens with zero attached hydrogens (tertiary/aromatic N) is 2. The molecule has 0 radical (unpaired) electrons. The highest BCUT2D eigenvalue weighted by molar-refractivity contribution is 5.05. The standard InChI is InChI=1S/C13H23N3O/c1-12-3-4-13(17-12)11-15(2)9-10-16-7-5-14-6-8-16/h3-4,14H,5-11H2,1-2H3. The van der Waals surface area contributed by atoms with E-state index < -0.39 is 0 Å². The fraction of sp³-hybridized carbons (Fsp3) is 0.692. The quantitative estimate of drug-likeness (QED) is 0.825. The van der Waals surface area contributed by atoms with Crippen molar-refractivity contribution >= 4 is 0 Å². The van der Waals surface area contributed by atoms with Gasteiger partial charge in [-0.2, -0.15) is 0 Å². The van der Waals surface area contributed by atoms with Crippen LogP contribution in [-0.2, 0) is 6.54 Å². The lowest BCUT2D eigenvalue weighted by atomic mass is 10.3. The number of rotatable bonds is 5. The van der Waals surface area contributed by atoms with Gasteiger partial charge in [0.1, 0.15) is 11.5 Å². The van der Waals surface area contributed by atoms with Crippen molar-refractivity contribution < 1.29 is 4.42 Å². The maximum absolute atomic E-state index is 5.58. The van der Waals surface area contributed by atoms with Crippen LogP contribution in [0.4, 0.5) is 0 Å². The summed E-state index contributed by atoms with van der Waals surface area (Å²) in [6.45, 7) is 9.74. The topological polar surface area (TPSA) is 31.6 Å². The van der Waals surface area contributed by atoms with Crippen molar-refractivity contribution in [1.29, 1.82) is 0 Å². The number of furan rings is 1. The molecule has 0 aromatic carbocycles. The molecule has 1 aliphatic heterocycles. The van der Waals surface area contributed by atoms with Crippen LogP contribution in [0.3, 0.4) is 0 Å². The second kappa shape index (κ2) is 6.19. The van der Waals surface area contributed by atoms with E-state index in [4.69, 9.17) is 4.42 Å². The van der Waals surface area contributed by atoms with Gasteiger partial charge in [-0.25, -0.2) is 0 Å². The van der Waals surface area contributed by atoms with Crippen LogP contribution in [0.5, 0.6) is 0 Å². The zero-order valence-electron chi connectivity index (χ0n) is 10.9. The Morgan fingerprint density at radius 3 is 2.76 bits per heavy atom. The Hall–Kier alpha value is -0.840. The van der Waals surface area contributed by atoms with E-state index in [1.54, 1.807) is 0 Å². The van der Waals surface area contributed by atoms with Crippen LogP contribution in [-0.4, -0.2) is 56.1 Å². The molecule has 0 atom stereocenters. The molecule has 0 spiro atoms. The van der Waals surface area contributed by atoms with Gasteiger partial charge in [-0.15, -0.1) is 0 Å². The number of hydrogen-bond acceptors (Lipinski definition) is 4. The van der Waals surface area contributed by atoms with Crippen LogP contribution in [0.2, 0.25) is 0 Å². The molecule has 2 rings (SSSR count). The third-order valence-corrected chi connectivity index (χ3v) is 3.23. The van der Waals surface area contributed by atoms with E-state index in [1.165, 1.54) is 13.1 Å². The first-order valence-electron chi connectivity index (χ1n) is 6.41. The van der Waals surface area contributed by atoms with Gasteiger partial charge in [0.15, 0.2) is 0 Å². The van der Waals surface area contributed by atoms with E-state index in [-0.39, 0.29) is 0 Å². The largest absolute Gasteiger partial charge is 0.465 e. The third-order valence-electron chi connectivity index (χ3n) is 3.23. The van der Waals surface area contributed by atoms with E-state index >= 15 is 0 Å². The Kier molecular flexibility index (Phi) is 4.59. The Morgan fingerprint density at radius 1 is 1.35 bits per heavy atom. The monoisotopic (exact) mass is 237 g/mol. The zero-order chi connectivity index (χ0) is 12.1. The van der Waals surface area contributed by atoms with Crippen LogP contribution in [0, 0.1) is 6.92 Å². The molecule has 17 heavy (non-hydrogen) atoms. The molecule has 4 heteroatoms. The number of aryl methyl sites for hydroxylation is 1. The minimum atomic E-state index is 0.903. The molecule has 1 saturated heterocycles. The number of likely N-dealkylation sites (N-methyl/N-ethyl adjacent to an activating group) is 1. The molecule has 0 amide bonds. The molecular formula is C13H23N3O. The van der Waals surface area contributed by atoms with Crippen molar-refractivity contribution in [2.45, 2.75) is 13.5 Å². The molecule has 96 valence electrons. The second-order valence-corrected chi connectivity index (χ2v) is 4.84. The third kappa shape index (κ3) is 4.15. The summed E-state index contributed by atoms with van der Waals surface area (Å²) in [5.74, 6) is 2.06. The van der Waals surface area contributed by atoms with Crippen molar-refractivity contribution in [3.8, 4) is 0 Å². The van der Waals surface area contributed by atoms with Crippen LogP contribution >= 0.6 is 0 Å². The lowest BCUT2D eigenvalue weighted by Gasteiger charge is -2.28. The average molecular weight is 237 g/mol. The molecule has 4 nitrogen and oxygen atoms in total. The first-order chi connectivity index (χ1) is 8.24. The SMILES string of the molecule is Cc1ccc(CN(C)CCN2CCNCC2)o1. The summed E-state index contributed by atoms with van der Waals surface area (Å²) in [5, 5.41) is 3.37. The molecule has 1 aromatic rings. The van der Waals surface area contributed by atoms with Gasteiger partial charge < -0.3 is 9.73 Å². The van der Waals surface area contributed by atoms with Crippen molar-refractivity contribution in [2.75, 3.05) is 46.3 Å². The van der Waals surface area contributed by atoms with Crippen LogP contribution < -0.4 is 5.32 Å². The molecule has 1 N–H and O–H groups in total. The highest BCUT2D eigenvalue weighted by Gasteiger charge is 2.10. The van der Waals surface area contributed by atoms with E-state index in [9.17, 15) is 0 Å². The van der Waals surface area contributed by atoms with E-state index in [2.05, 4.69) is 28.2 Å². The fourth-order valence-corrected chi connectivity index (χ4v) is 2.16. The summed E-state index contributed by atoms with van der Waals surface area (Å²) in [6.07, 6.45) is 0. The molecular weight excluding hydrogens is 214 g/mol. The van der Waals surface area contributed by atoms with Gasteiger partial charge in [-0.3, -0.25) is 9.80 Å². The average Bonchev–Trinajstić information content (AvgIpc) is 2.73. The molecule has 0 unspecified atom stereocenters. The Balaban J connectivity index is 1.68. The zero-order valence-corrected chi connectivity index (χ0v) is 10.9. The van der Waals surface area contributed by atoms with Gasteiger partial charge in [0.25, 0.3) is 0 Å². The van der Waals surface area contributed by atoms with Crippen molar-refractivity contribution in [2.24, 2.45) is 0 Å². The predicted octanol–water partition coefficient (Wildman–Crippen LogP) is 0.925. The molecule has 1 fully saturated rings. The summed E-state index contributed by atoms with van der Waals surface area (Å²) in [7, 11) is 2.15. The Labute approximate surface area is 104 Å². The highest BCUT2D eigenvalue weighted by Crippen LogP contribution is 2.08. The number of piperazine rings is 1. The molecule has 2 heterocycles. The summed E-state index contributed by atoms with van der Waals surface area (Å²) in [5.41, 5.74) is 0. The highest BCUT2D eigenvalue weighted by atomic mass is 16.3. The summed E-state index contributed by atoms with van der Waals surface area (Å²) in [6, 6.07) is 4.09. The first-order valence-corrected chi connectivity index (χ1v) is 6.41. The van der Waals surface area contributed by atoms with Gasteiger partial charge >= 0.3 is 0 Å². The number of hydrogen-bond donors (Lipinski definition) is 1. The molecule has 1 aromatic heterocycles. The Morgan fingerprint density at radius 2 is 2.12 bits per heavy atom. The predicted molar refractivity (Wildman–Crippen MR) is 69.1 cm³/mol. The Bertz CT molecular complexity index is 331. The van der Waals surface area contributed by atoms with Gasteiger partial charge in [0.05, 0.1) is 6.54 Å². The van der Waals surface area contributed by atoms with Crippen molar-refractivity contribution in [3.63, 3.8) is 0 Å². The summed E-state index contributed by atoms with van der Waals surface area (Å²) >= 11 is 0. The van der Waals surface area contributed by atoms with Gasteiger partial charge in [0.2, 0.25) is 0 Å². The molecule has 1 aliphatic rings. The number of nitrogens with one attached hydrogen (secondary N) is 1. The van der Waals surface area contributed by atoms with Crippen molar-refractivity contribution in [3.05, 3.63) is 23.7 Å². The van der Waals surface area contributed by atoms with Gasteiger partial charge in [-0.1, -0.05) is 0 Å². The van der Waals surface area contributed by atoms with Gasteiger partial charge in [0, 0.05) is 39.3 Å². The van der Waals surface area contributed by atoms with Crippen LogP contribution in [0.1, 0.15) is 11.5 Å². The normalized spacial score (nSPS) is 17.8. The smallest absolute Gasteiger partial charge is 0.118 e. The van der Waals surface area contributed by atoms with E-state index in [0.717, 1.165) is 44.2 Å². The molecule has 0 aliphatic carbocycles. The van der Waals surface area contributed by atoms with Crippen molar-refractivity contribution in [1.82, 2.24) is 15.1 Å². The summed E-state index contributed by atoms with van der Waals surface area (Å²) < 4.78 is 5.58. The summed E-state index contributed by atoms with van der Waals surface area (Å²) in [4.78, 5) is 4.83. The lowest BCUT2D eigenvalue weighted by Crippen LogP contribution is -2.45. The van der Waals surface area contributed by atoms with E-state index in [0.29, 0.717) is 0 Å². The first kappa shape index (κ1) is 12.6. The maximum atomic E-state index is 5.58. The van der Waals surface area contributed by atoms with Gasteiger partial charge in [-0.05, 0) is 26.1 Å². The second-order valence-electron chi connectivity index (χ2n) is 4.84. The van der Waals surface area contributed by atoms with Crippen LogP contribution in [0.15, 0.2) is 16.5 Å². The lowest BCUT2D eigenvalue weighted by molar-refractivity contribution is 0.196. The fourth-order valence-electron chi connectivity index (χ4n) is 2.16. The minimum absolute atomic E-state index is 0.903. The molecule has 0 bridgehead atoms.